The van der Waals surface area contributed by atoms with Crippen LogP contribution in [0, 0.1) is 0 Å². The molecular formula is C17H34N3O7PSi2. The molecule has 0 fully saturated rings. The van der Waals surface area contributed by atoms with Crippen molar-refractivity contribution >= 4 is 35.8 Å². The normalized spacial score (nSPS) is 12.6. The fraction of sp³-hybridized carbons (Fsp3) is 0.706. The highest BCUT2D eigenvalue weighted by atomic mass is 31.2. The van der Waals surface area contributed by atoms with Crippen molar-refractivity contribution in [3.63, 3.8) is 0 Å². The number of aromatic nitrogens is 2. The Morgan fingerprint density at radius 3 is 1.83 bits per heavy atom. The summed E-state index contributed by atoms with van der Waals surface area (Å²) in [5.74, 6) is 0. The molecule has 0 saturated heterocycles. The van der Waals surface area contributed by atoms with E-state index in [2.05, 4.69) is 54.6 Å². The number of hydrogen-bond acceptors (Lipinski definition) is 8. The van der Waals surface area contributed by atoms with Crippen molar-refractivity contribution in [2.75, 3.05) is 31.7 Å². The van der Waals surface area contributed by atoms with E-state index in [1.165, 1.54) is 12.4 Å². The van der Waals surface area contributed by atoms with Gasteiger partial charge >= 0.3 is 19.9 Å². The number of amides is 1. The molecule has 1 aromatic heterocycles. The molecule has 172 valence electrons. The van der Waals surface area contributed by atoms with Crippen LogP contribution in [0.2, 0.25) is 51.4 Å². The Balaban J connectivity index is 2.52. The molecule has 0 saturated carbocycles. The Labute approximate surface area is 180 Å². The molecule has 0 aromatic carbocycles. The summed E-state index contributed by atoms with van der Waals surface area (Å²) in [4.78, 5) is 18.3. The lowest BCUT2D eigenvalue weighted by atomic mass is 10.5. The molecular weight excluding hydrogens is 445 g/mol. The zero-order chi connectivity index (χ0) is 22.8. The molecule has 10 nitrogen and oxygen atoms in total. The van der Waals surface area contributed by atoms with Gasteiger partial charge in [-0.25, -0.2) is 19.3 Å². The topological polar surface area (TPSA) is 129 Å². The molecule has 30 heavy (non-hydrogen) atoms. The Kier molecular flexibility index (Phi) is 10.6. The minimum Gasteiger partial charge on any atom is -0.465 e. The summed E-state index contributed by atoms with van der Waals surface area (Å²) in [5, 5.41) is 10.8. The number of carboxylic acid groups (broad SMARTS) is 1. The van der Waals surface area contributed by atoms with E-state index in [0.29, 0.717) is 13.2 Å². The van der Waals surface area contributed by atoms with Crippen molar-refractivity contribution in [1.29, 1.82) is 0 Å². The molecule has 0 spiro atoms. The van der Waals surface area contributed by atoms with E-state index < -0.39 is 30.1 Å². The molecule has 1 aromatic rings. The Morgan fingerprint density at radius 1 is 0.933 bits per heavy atom. The highest BCUT2D eigenvalue weighted by Crippen LogP contribution is 2.50. The fourth-order valence-electron chi connectivity index (χ4n) is 1.90. The Morgan fingerprint density at radius 2 is 1.40 bits per heavy atom. The first-order valence-corrected chi connectivity index (χ1v) is 18.6. The fourth-order valence-corrected chi connectivity index (χ4v) is 4.82. The SMILES string of the molecule is C[Si](C)(C)CCOP(=O)(OCCOc1ncc(NC(=O)O)cn1)OCC[Si](C)(C)C. The zero-order valence-electron chi connectivity index (χ0n) is 18.6. The molecule has 1 rings (SSSR count). The lowest BCUT2D eigenvalue weighted by Crippen LogP contribution is -2.23. The Bertz CT molecular complexity index is 685. The minimum absolute atomic E-state index is 0.0321. The highest BCUT2D eigenvalue weighted by Gasteiger charge is 2.29. The first kappa shape index (κ1) is 26.7. The van der Waals surface area contributed by atoms with Crippen molar-refractivity contribution in [3.8, 4) is 6.01 Å². The van der Waals surface area contributed by atoms with Crippen LogP contribution in [0.3, 0.4) is 0 Å². The minimum atomic E-state index is -3.69. The molecule has 0 aliphatic carbocycles. The van der Waals surface area contributed by atoms with Gasteiger partial charge in [-0.15, -0.1) is 0 Å². The van der Waals surface area contributed by atoms with Crippen LogP contribution in [-0.4, -0.2) is 63.7 Å². The summed E-state index contributed by atoms with van der Waals surface area (Å²) in [6, 6.07) is 1.74. The molecule has 0 atom stereocenters. The molecule has 2 N–H and O–H groups in total. The summed E-state index contributed by atoms with van der Waals surface area (Å²) in [7, 11) is -6.39. The van der Waals surface area contributed by atoms with E-state index >= 15 is 0 Å². The largest absolute Gasteiger partial charge is 0.474 e. The van der Waals surface area contributed by atoms with Crippen LogP contribution in [0.4, 0.5) is 10.5 Å². The maximum Gasteiger partial charge on any atom is 0.474 e. The number of nitrogens with zero attached hydrogens (tertiary/aromatic N) is 2. The molecule has 0 unspecified atom stereocenters. The number of nitrogens with one attached hydrogen (secondary N) is 1. The van der Waals surface area contributed by atoms with Gasteiger partial charge in [-0.3, -0.25) is 18.9 Å². The van der Waals surface area contributed by atoms with Crippen LogP contribution in [0.1, 0.15) is 0 Å². The van der Waals surface area contributed by atoms with E-state index in [9.17, 15) is 9.36 Å². The first-order chi connectivity index (χ1) is 13.8. The van der Waals surface area contributed by atoms with Gasteiger partial charge in [0.2, 0.25) is 0 Å². The second kappa shape index (κ2) is 11.9. The standard InChI is InChI=1S/C17H34N3O7PSi2/c1-29(2,3)11-9-26-28(23,27-10-12-30(4,5)6)25-8-7-24-16-18-13-15(14-19-16)20-17(21)22/h13-14,20H,7-12H2,1-6H3,(H,21,22). The van der Waals surface area contributed by atoms with Crippen LogP contribution >= 0.6 is 7.82 Å². The van der Waals surface area contributed by atoms with Crippen LogP contribution in [0.25, 0.3) is 0 Å². The lowest BCUT2D eigenvalue weighted by Gasteiger charge is -2.22. The molecule has 13 heteroatoms. The van der Waals surface area contributed by atoms with Crippen LogP contribution < -0.4 is 10.1 Å². The summed E-state index contributed by atoms with van der Waals surface area (Å²) < 4.78 is 34.8. The summed E-state index contributed by atoms with van der Waals surface area (Å²) in [5.41, 5.74) is 0.224. The monoisotopic (exact) mass is 479 g/mol. The van der Waals surface area contributed by atoms with E-state index in [4.69, 9.17) is 23.4 Å². The van der Waals surface area contributed by atoms with Crippen LogP contribution in [0.15, 0.2) is 12.4 Å². The molecule has 1 heterocycles. The molecule has 1 amide bonds. The quantitative estimate of drug-likeness (QED) is 0.220. The number of carbonyl (C=O) groups is 1. The van der Waals surface area contributed by atoms with Crippen molar-refractivity contribution in [1.82, 2.24) is 9.97 Å². The van der Waals surface area contributed by atoms with Gasteiger partial charge in [0.15, 0.2) is 0 Å². The highest BCUT2D eigenvalue weighted by molar-refractivity contribution is 7.48. The molecule has 0 aliphatic rings. The van der Waals surface area contributed by atoms with Gasteiger partial charge in [-0.1, -0.05) is 39.3 Å². The second-order valence-electron chi connectivity index (χ2n) is 9.10. The molecule has 0 bridgehead atoms. The smallest absolute Gasteiger partial charge is 0.465 e. The van der Waals surface area contributed by atoms with Gasteiger partial charge in [-0.2, -0.15) is 0 Å². The predicted molar refractivity (Wildman–Crippen MR) is 121 cm³/mol. The number of anilines is 1. The third-order valence-electron chi connectivity index (χ3n) is 3.65. The predicted octanol–water partition coefficient (Wildman–Crippen LogP) is 4.78. The van der Waals surface area contributed by atoms with Crippen molar-refractivity contribution in [2.45, 2.75) is 51.4 Å². The average Bonchev–Trinajstić information content (AvgIpc) is 2.57. The number of ether oxygens (including phenoxy) is 1. The van der Waals surface area contributed by atoms with E-state index in [-0.39, 0.29) is 24.9 Å². The van der Waals surface area contributed by atoms with Crippen LogP contribution in [-0.2, 0) is 18.1 Å². The third-order valence-corrected chi connectivity index (χ3v) is 8.55. The molecule has 0 aliphatic heterocycles. The maximum absolute atomic E-state index is 13.0. The maximum atomic E-state index is 13.0. The van der Waals surface area contributed by atoms with Gasteiger partial charge in [0, 0.05) is 16.1 Å². The van der Waals surface area contributed by atoms with Crippen LogP contribution in [0.5, 0.6) is 6.01 Å². The van der Waals surface area contributed by atoms with Crippen molar-refractivity contribution in [2.24, 2.45) is 0 Å². The first-order valence-electron chi connectivity index (χ1n) is 9.76. The number of hydrogen-bond donors (Lipinski definition) is 2. The lowest BCUT2D eigenvalue weighted by molar-refractivity contribution is 0.104. The van der Waals surface area contributed by atoms with Gasteiger partial charge < -0.3 is 9.84 Å². The number of rotatable bonds is 14. The van der Waals surface area contributed by atoms with E-state index in [0.717, 1.165) is 12.1 Å². The van der Waals surface area contributed by atoms with E-state index in [1.54, 1.807) is 0 Å². The summed E-state index contributed by atoms with van der Waals surface area (Å²) in [6.07, 6.45) is 1.35. The van der Waals surface area contributed by atoms with Gasteiger partial charge in [-0.05, 0) is 12.1 Å². The summed E-state index contributed by atoms with van der Waals surface area (Å²) in [6.45, 7) is 13.9. The third kappa shape index (κ3) is 13.1. The zero-order valence-corrected chi connectivity index (χ0v) is 21.5. The van der Waals surface area contributed by atoms with Gasteiger partial charge in [0.05, 0.1) is 37.9 Å². The average molecular weight is 480 g/mol. The number of phosphoric acid groups is 1. The van der Waals surface area contributed by atoms with E-state index in [1.807, 2.05) is 0 Å². The van der Waals surface area contributed by atoms with Crippen molar-refractivity contribution in [3.05, 3.63) is 12.4 Å². The second-order valence-corrected chi connectivity index (χ2v) is 22.0. The van der Waals surface area contributed by atoms with Crippen molar-refractivity contribution < 1.29 is 32.8 Å². The molecule has 0 radical (unpaired) electrons. The number of phosphoric ester groups is 1. The Hall–Kier alpha value is -1.31. The summed E-state index contributed by atoms with van der Waals surface area (Å²) >= 11 is 0. The van der Waals surface area contributed by atoms with Gasteiger partial charge in [0.1, 0.15) is 6.61 Å². The van der Waals surface area contributed by atoms with Gasteiger partial charge in [0.25, 0.3) is 0 Å².